The lowest BCUT2D eigenvalue weighted by Crippen LogP contribution is -2.02. The molecule has 0 saturated carbocycles. The van der Waals surface area contributed by atoms with Crippen LogP contribution < -0.4 is 0 Å². The van der Waals surface area contributed by atoms with Gasteiger partial charge in [0.1, 0.15) is 0 Å². The lowest BCUT2D eigenvalue weighted by Gasteiger charge is -2.07. The van der Waals surface area contributed by atoms with Crippen LogP contribution in [0.2, 0.25) is 0 Å². The van der Waals surface area contributed by atoms with Crippen LogP contribution in [-0.4, -0.2) is 22.6 Å². The Balaban J connectivity index is 0.000000270. The number of aromatic carboxylic acids is 1. The minimum Gasteiger partial charge on any atom is -0.478 e. The van der Waals surface area contributed by atoms with Crippen molar-refractivity contribution in [3.63, 3.8) is 0 Å². The number of rotatable bonds is 6. The molecule has 4 heteroatoms. The molecule has 1 N–H and O–H groups in total. The van der Waals surface area contributed by atoms with Crippen molar-refractivity contribution in [2.75, 3.05) is 0 Å². The molecule has 0 saturated heterocycles. The van der Waals surface area contributed by atoms with E-state index in [1.807, 2.05) is 68.4 Å². The summed E-state index contributed by atoms with van der Waals surface area (Å²) in [4.78, 5) is 32.7. The number of ketones is 2. The Labute approximate surface area is 216 Å². The van der Waals surface area contributed by atoms with Crippen molar-refractivity contribution >= 4 is 17.5 Å². The molecule has 0 aliphatic carbocycles. The van der Waals surface area contributed by atoms with E-state index in [4.69, 9.17) is 5.11 Å². The summed E-state index contributed by atoms with van der Waals surface area (Å²) < 4.78 is 0. The first-order valence-corrected chi connectivity index (χ1v) is 12.4. The molecular formula is C32H40O4. The highest BCUT2D eigenvalue weighted by Crippen LogP contribution is 2.19. The Morgan fingerprint density at radius 3 is 1.53 bits per heavy atom. The standard InChI is InChI=1S/2C11H14O.C10H12O2/c1-8(2)10-4-6-11(7-5-10)9(3)12;1-8(2)10-5-4-6-11(7-10)9(3)12;1-7(2)8-5-3-4-6-9(8)10(11)12/h2*4-8H,1-3H3;3-7H,1-2H3,(H,11,12). The number of carbonyl (C=O) groups excluding carboxylic acids is 2. The van der Waals surface area contributed by atoms with Gasteiger partial charge in [-0.2, -0.15) is 0 Å². The molecule has 192 valence electrons. The van der Waals surface area contributed by atoms with Gasteiger partial charge in [0.15, 0.2) is 11.6 Å². The van der Waals surface area contributed by atoms with E-state index < -0.39 is 5.97 Å². The van der Waals surface area contributed by atoms with Crippen molar-refractivity contribution in [2.45, 2.75) is 73.1 Å². The maximum absolute atomic E-state index is 11.0. The Morgan fingerprint density at radius 2 is 1.11 bits per heavy atom. The highest BCUT2D eigenvalue weighted by atomic mass is 16.4. The Morgan fingerprint density at radius 1 is 0.583 bits per heavy atom. The van der Waals surface area contributed by atoms with Crippen molar-refractivity contribution in [1.82, 2.24) is 0 Å². The molecular weight excluding hydrogens is 448 g/mol. The van der Waals surface area contributed by atoms with E-state index >= 15 is 0 Å². The molecule has 0 atom stereocenters. The van der Waals surface area contributed by atoms with E-state index in [2.05, 4.69) is 33.8 Å². The summed E-state index contributed by atoms with van der Waals surface area (Å²) in [6.45, 7) is 15.7. The number of carboxylic acids is 1. The molecule has 4 nitrogen and oxygen atoms in total. The second kappa shape index (κ2) is 14.8. The largest absolute Gasteiger partial charge is 0.478 e. The molecule has 3 aromatic rings. The summed E-state index contributed by atoms with van der Waals surface area (Å²) in [5.74, 6) is 0.703. The van der Waals surface area contributed by atoms with Crippen LogP contribution in [0.5, 0.6) is 0 Å². The van der Waals surface area contributed by atoms with Crippen molar-refractivity contribution in [1.29, 1.82) is 0 Å². The molecule has 0 amide bonds. The van der Waals surface area contributed by atoms with Crippen LogP contribution >= 0.6 is 0 Å². The molecule has 3 aromatic carbocycles. The lowest BCUT2D eigenvalue weighted by atomic mass is 9.97. The summed E-state index contributed by atoms with van der Waals surface area (Å²) >= 11 is 0. The third-order valence-corrected chi connectivity index (χ3v) is 5.76. The van der Waals surface area contributed by atoms with Crippen LogP contribution in [0.1, 0.15) is 121 Å². The van der Waals surface area contributed by atoms with E-state index in [0.717, 1.165) is 16.7 Å². The lowest BCUT2D eigenvalue weighted by molar-refractivity contribution is 0.0694. The number of hydrogen-bond acceptors (Lipinski definition) is 3. The van der Waals surface area contributed by atoms with Crippen molar-refractivity contribution in [3.05, 3.63) is 106 Å². The van der Waals surface area contributed by atoms with E-state index in [-0.39, 0.29) is 17.5 Å². The van der Waals surface area contributed by atoms with Crippen molar-refractivity contribution in [2.24, 2.45) is 0 Å². The molecule has 0 unspecified atom stereocenters. The minimum atomic E-state index is -0.848. The zero-order valence-corrected chi connectivity index (χ0v) is 22.8. The van der Waals surface area contributed by atoms with Crippen LogP contribution in [0.4, 0.5) is 0 Å². The number of carbonyl (C=O) groups is 3. The number of Topliss-reactive ketones (excluding diaryl/α,β-unsaturated/α-hetero) is 2. The zero-order chi connectivity index (χ0) is 27.4. The average Bonchev–Trinajstić information content (AvgIpc) is 2.84. The predicted molar refractivity (Wildman–Crippen MR) is 149 cm³/mol. The predicted octanol–water partition coefficient (Wildman–Crippen LogP) is 8.53. The van der Waals surface area contributed by atoms with Gasteiger partial charge in [0.2, 0.25) is 0 Å². The van der Waals surface area contributed by atoms with Gasteiger partial charge < -0.3 is 5.11 Å². The fraction of sp³-hybridized carbons (Fsp3) is 0.344. The van der Waals surface area contributed by atoms with Gasteiger partial charge in [-0.05, 0) is 60.4 Å². The van der Waals surface area contributed by atoms with E-state index in [1.54, 1.807) is 26.0 Å². The minimum absolute atomic E-state index is 0.130. The van der Waals surface area contributed by atoms with Gasteiger partial charge in [0.25, 0.3) is 0 Å². The second-order valence-corrected chi connectivity index (χ2v) is 9.72. The molecule has 0 fully saturated rings. The molecule has 3 rings (SSSR count). The number of carboxylic acid groups (broad SMARTS) is 1. The second-order valence-electron chi connectivity index (χ2n) is 9.72. The highest BCUT2D eigenvalue weighted by Gasteiger charge is 2.10. The highest BCUT2D eigenvalue weighted by molar-refractivity contribution is 5.94. The summed E-state index contributed by atoms with van der Waals surface area (Å²) in [7, 11) is 0. The first-order valence-electron chi connectivity index (χ1n) is 12.4. The van der Waals surface area contributed by atoms with Crippen molar-refractivity contribution < 1.29 is 19.5 Å². The molecule has 0 radical (unpaired) electrons. The Bertz CT molecular complexity index is 1140. The zero-order valence-electron chi connectivity index (χ0n) is 22.8. The summed E-state index contributed by atoms with van der Waals surface area (Å²) in [6.07, 6.45) is 0. The third kappa shape index (κ3) is 9.99. The smallest absolute Gasteiger partial charge is 0.335 e. The Hall–Kier alpha value is -3.53. The fourth-order valence-electron chi connectivity index (χ4n) is 3.41. The number of benzene rings is 3. The average molecular weight is 489 g/mol. The summed E-state index contributed by atoms with van der Waals surface area (Å²) in [6, 6.07) is 22.7. The van der Waals surface area contributed by atoms with Crippen LogP contribution in [0, 0.1) is 0 Å². The van der Waals surface area contributed by atoms with Gasteiger partial charge in [-0.3, -0.25) is 9.59 Å². The molecule has 36 heavy (non-hydrogen) atoms. The first-order chi connectivity index (χ1) is 16.8. The van der Waals surface area contributed by atoms with Crippen LogP contribution in [0.25, 0.3) is 0 Å². The molecule has 0 aliphatic rings. The topological polar surface area (TPSA) is 71.4 Å². The van der Waals surface area contributed by atoms with Gasteiger partial charge in [0, 0.05) is 11.1 Å². The fourth-order valence-corrected chi connectivity index (χ4v) is 3.41. The van der Waals surface area contributed by atoms with Gasteiger partial charge in [-0.25, -0.2) is 4.79 Å². The first kappa shape index (κ1) is 30.5. The monoisotopic (exact) mass is 488 g/mol. The Kier molecular flexibility index (Phi) is 12.5. The van der Waals surface area contributed by atoms with Gasteiger partial charge in [-0.15, -0.1) is 0 Å². The molecule has 0 spiro atoms. The van der Waals surface area contributed by atoms with E-state index in [1.165, 1.54) is 11.1 Å². The maximum Gasteiger partial charge on any atom is 0.335 e. The van der Waals surface area contributed by atoms with Crippen LogP contribution in [-0.2, 0) is 0 Å². The third-order valence-electron chi connectivity index (χ3n) is 5.76. The molecule has 0 bridgehead atoms. The van der Waals surface area contributed by atoms with E-state index in [9.17, 15) is 14.4 Å². The molecule has 0 aliphatic heterocycles. The normalized spacial score (nSPS) is 10.3. The number of hydrogen-bond donors (Lipinski definition) is 1. The van der Waals surface area contributed by atoms with Gasteiger partial charge in [-0.1, -0.05) is 102 Å². The van der Waals surface area contributed by atoms with Gasteiger partial charge >= 0.3 is 5.97 Å². The van der Waals surface area contributed by atoms with Crippen LogP contribution in [0.3, 0.4) is 0 Å². The molecule has 0 heterocycles. The maximum atomic E-state index is 11.0. The quantitative estimate of drug-likeness (QED) is 0.353. The van der Waals surface area contributed by atoms with Crippen molar-refractivity contribution in [3.8, 4) is 0 Å². The summed E-state index contributed by atoms with van der Waals surface area (Å²) in [5.41, 5.74) is 5.40. The van der Waals surface area contributed by atoms with E-state index in [0.29, 0.717) is 17.4 Å². The van der Waals surface area contributed by atoms with Gasteiger partial charge in [0.05, 0.1) is 5.56 Å². The SMILES string of the molecule is CC(=O)c1ccc(C(C)C)cc1.CC(=O)c1cccc(C(C)C)c1.CC(C)c1ccccc1C(=O)O. The van der Waals surface area contributed by atoms with Crippen LogP contribution in [0.15, 0.2) is 72.8 Å². The summed E-state index contributed by atoms with van der Waals surface area (Å²) in [5, 5.41) is 8.81. The molecule has 0 aromatic heterocycles.